The van der Waals surface area contributed by atoms with Gasteiger partial charge in [0, 0.05) is 23.4 Å². The van der Waals surface area contributed by atoms with E-state index in [0.29, 0.717) is 18.4 Å². The lowest BCUT2D eigenvalue weighted by molar-refractivity contribution is 0.888. The Morgan fingerprint density at radius 3 is 2.90 bits per heavy atom. The lowest BCUT2D eigenvalue weighted by Gasteiger charge is -2.07. The number of anilines is 1. The van der Waals surface area contributed by atoms with Gasteiger partial charge in [0.25, 0.3) is 0 Å². The summed E-state index contributed by atoms with van der Waals surface area (Å²) in [6.45, 7) is 0.586. The number of nitrogens with zero attached hydrogens (tertiary/aromatic N) is 5. The first-order valence-corrected chi connectivity index (χ1v) is 7.26. The third kappa shape index (κ3) is 3.56. The van der Waals surface area contributed by atoms with Gasteiger partial charge < -0.3 is 5.32 Å². The molecular weight excluding hydrogens is 356 g/mol. The zero-order chi connectivity index (χ0) is 14.7. The monoisotopic (exact) mass is 364 g/mol. The van der Waals surface area contributed by atoms with Gasteiger partial charge in [-0.25, -0.2) is 4.98 Å². The van der Waals surface area contributed by atoms with Gasteiger partial charge in [-0.2, -0.15) is 15.0 Å². The highest BCUT2D eigenvalue weighted by molar-refractivity contribution is 9.10. The summed E-state index contributed by atoms with van der Waals surface area (Å²) < 4.78 is 2.69. The second-order valence-corrected chi connectivity index (χ2v) is 5.44. The van der Waals surface area contributed by atoms with E-state index in [9.17, 15) is 0 Å². The van der Waals surface area contributed by atoms with Crippen molar-refractivity contribution < 1.29 is 0 Å². The summed E-state index contributed by atoms with van der Waals surface area (Å²) in [5, 5.41) is 3.26. The molecule has 8 heteroatoms. The molecule has 0 aliphatic heterocycles. The molecule has 0 radical (unpaired) electrons. The summed E-state index contributed by atoms with van der Waals surface area (Å²) in [6, 6.07) is 7.97. The van der Waals surface area contributed by atoms with E-state index in [4.69, 9.17) is 11.6 Å². The minimum Gasteiger partial charge on any atom is -0.350 e. The van der Waals surface area contributed by atoms with Gasteiger partial charge >= 0.3 is 0 Å². The molecule has 106 valence electrons. The van der Waals surface area contributed by atoms with Crippen LogP contribution in [-0.2, 0) is 6.54 Å². The van der Waals surface area contributed by atoms with E-state index in [2.05, 4.69) is 41.2 Å². The molecule has 3 aromatic rings. The van der Waals surface area contributed by atoms with Crippen LogP contribution in [0.1, 0.15) is 5.56 Å². The molecule has 21 heavy (non-hydrogen) atoms. The molecule has 0 saturated heterocycles. The van der Waals surface area contributed by atoms with Crippen molar-refractivity contribution in [2.75, 3.05) is 5.32 Å². The van der Waals surface area contributed by atoms with Gasteiger partial charge in [0.2, 0.25) is 17.2 Å². The Labute approximate surface area is 134 Å². The Morgan fingerprint density at radius 2 is 2.14 bits per heavy atom. The standard InChI is InChI=1S/C13H10BrClN6/c14-10-3-1-2-9(6-10)7-17-12-18-11(15)19-13(20-12)21-5-4-16-8-21/h1-6,8H,7H2,(H,17,18,19,20). The van der Waals surface area contributed by atoms with Crippen LogP contribution in [0.5, 0.6) is 0 Å². The third-order valence-corrected chi connectivity index (χ3v) is 3.33. The van der Waals surface area contributed by atoms with Gasteiger partial charge in [-0.1, -0.05) is 28.1 Å². The number of hydrogen-bond acceptors (Lipinski definition) is 5. The summed E-state index contributed by atoms with van der Waals surface area (Å²) in [7, 11) is 0. The molecule has 0 aliphatic carbocycles. The lowest BCUT2D eigenvalue weighted by atomic mass is 10.2. The molecule has 6 nitrogen and oxygen atoms in total. The third-order valence-electron chi connectivity index (χ3n) is 2.67. The summed E-state index contributed by atoms with van der Waals surface area (Å²) in [4.78, 5) is 16.4. The van der Waals surface area contributed by atoms with E-state index in [1.165, 1.54) is 0 Å². The van der Waals surface area contributed by atoms with E-state index in [0.717, 1.165) is 10.0 Å². The van der Waals surface area contributed by atoms with Crippen LogP contribution >= 0.6 is 27.5 Å². The number of hydrogen-bond donors (Lipinski definition) is 1. The van der Waals surface area contributed by atoms with E-state index in [-0.39, 0.29) is 5.28 Å². The maximum absolute atomic E-state index is 5.93. The van der Waals surface area contributed by atoms with Crippen molar-refractivity contribution in [3.63, 3.8) is 0 Å². The molecule has 2 aromatic heterocycles. The molecule has 0 unspecified atom stereocenters. The largest absolute Gasteiger partial charge is 0.350 e. The second-order valence-electron chi connectivity index (χ2n) is 4.18. The zero-order valence-corrected chi connectivity index (χ0v) is 13.1. The number of benzene rings is 1. The average Bonchev–Trinajstić information content (AvgIpc) is 2.99. The van der Waals surface area contributed by atoms with Crippen LogP contribution in [0.2, 0.25) is 5.28 Å². The average molecular weight is 366 g/mol. The van der Waals surface area contributed by atoms with Gasteiger partial charge in [0.15, 0.2) is 0 Å². The van der Waals surface area contributed by atoms with Gasteiger partial charge in [0.05, 0.1) is 0 Å². The minimum atomic E-state index is 0.130. The van der Waals surface area contributed by atoms with Gasteiger partial charge in [0.1, 0.15) is 6.33 Å². The quantitative estimate of drug-likeness (QED) is 0.769. The highest BCUT2D eigenvalue weighted by Gasteiger charge is 2.06. The number of rotatable bonds is 4. The molecule has 0 fully saturated rings. The molecule has 2 heterocycles. The molecule has 0 saturated carbocycles. The highest BCUT2D eigenvalue weighted by atomic mass is 79.9. The first-order chi connectivity index (χ1) is 10.2. The van der Waals surface area contributed by atoms with Crippen molar-refractivity contribution in [1.29, 1.82) is 0 Å². The Morgan fingerprint density at radius 1 is 1.24 bits per heavy atom. The summed E-state index contributed by atoms with van der Waals surface area (Å²) in [5.41, 5.74) is 1.10. The SMILES string of the molecule is Clc1nc(NCc2cccc(Br)c2)nc(-n2ccnc2)n1. The van der Waals surface area contributed by atoms with E-state index >= 15 is 0 Å². The van der Waals surface area contributed by atoms with Crippen LogP contribution < -0.4 is 5.32 Å². The topological polar surface area (TPSA) is 68.5 Å². The van der Waals surface area contributed by atoms with E-state index in [1.54, 1.807) is 23.3 Å². The molecule has 1 N–H and O–H groups in total. The first kappa shape index (κ1) is 14.0. The summed E-state index contributed by atoms with van der Waals surface area (Å²) in [5.74, 6) is 0.836. The molecule has 0 amide bonds. The normalized spacial score (nSPS) is 10.6. The predicted molar refractivity (Wildman–Crippen MR) is 83.4 cm³/mol. The van der Waals surface area contributed by atoms with Crippen LogP contribution in [0.4, 0.5) is 5.95 Å². The molecular formula is C13H10BrClN6. The zero-order valence-electron chi connectivity index (χ0n) is 10.7. The van der Waals surface area contributed by atoms with Crippen molar-refractivity contribution >= 4 is 33.5 Å². The Kier molecular flexibility index (Phi) is 4.12. The van der Waals surface area contributed by atoms with Gasteiger partial charge in [-0.15, -0.1) is 0 Å². The highest BCUT2D eigenvalue weighted by Crippen LogP contribution is 2.14. The molecule has 0 spiro atoms. The van der Waals surface area contributed by atoms with E-state index < -0.39 is 0 Å². The van der Waals surface area contributed by atoms with Crippen molar-refractivity contribution in [1.82, 2.24) is 24.5 Å². The number of imidazole rings is 1. The maximum Gasteiger partial charge on any atom is 0.241 e. The van der Waals surface area contributed by atoms with Crippen molar-refractivity contribution in [2.45, 2.75) is 6.54 Å². The minimum absolute atomic E-state index is 0.130. The molecule has 0 aliphatic rings. The van der Waals surface area contributed by atoms with Crippen LogP contribution in [0.15, 0.2) is 47.5 Å². The molecule has 3 rings (SSSR count). The number of nitrogens with one attached hydrogen (secondary N) is 1. The van der Waals surface area contributed by atoms with Crippen molar-refractivity contribution in [2.24, 2.45) is 0 Å². The Bertz CT molecular complexity index is 746. The fourth-order valence-corrected chi connectivity index (χ4v) is 2.34. The summed E-state index contributed by atoms with van der Waals surface area (Å²) >= 11 is 9.37. The maximum atomic E-state index is 5.93. The van der Waals surface area contributed by atoms with Crippen LogP contribution in [0.25, 0.3) is 5.95 Å². The van der Waals surface area contributed by atoms with E-state index in [1.807, 2.05) is 24.3 Å². The molecule has 0 atom stereocenters. The first-order valence-electron chi connectivity index (χ1n) is 6.09. The predicted octanol–water partition coefficient (Wildman–Crippen LogP) is 3.09. The van der Waals surface area contributed by atoms with Gasteiger partial charge in [-0.3, -0.25) is 4.57 Å². The smallest absolute Gasteiger partial charge is 0.241 e. The fourth-order valence-electron chi connectivity index (χ4n) is 1.74. The Hall–Kier alpha value is -1.99. The van der Waals surface area contributed by atoms with Crippen molar-refractivity contribution in [3.05, 3.63) is 58.3 Å². The van der Waals surface area contributed by atoms with Crippen LogP contribution in [-0.4, -0.2) is 24.5 Å². The summed E-state index contributed by atoms with van der Waals surface area (Å²) in [6.07, 6.45) is 4.99. The van der Waals surface area contributed by atoms with Gasteiger partial charge in [-0.05, 0) is 29.3 Å². The van der Waals surface area contributed by atoms with Crippen LogP contribution in [0.3, 0.4) is 0 Å². The second kappa shape index (κ2) is 6.19. The number of aromatic nitrogens is 5. The fraction of sp³-hybridized carbons (Fsp3) is 0.0769. The molecule has 0 bridgehead atoms. The van der Waals surface area contributed by atoms with Crippen molar-refractivity contribution in [3.8, 4) is 5.95 Å². The molecule has 1 aromatic carbocycles. The Balaban J connectivity index is 1.79. The number of halogens is 2. The lowest BCUT2D eigenvalue weighted by Crippen LogP contribution is -2.08. The van der Waals surface area contributed by atoms with Crippen LogP contribution in [0, 0.1) is 0 Å².